The number of hydrogen-bond acceptors (Lipinski definition) is 6. The molecule has 9 nitrogen and oxygen atoms in total. The third-order valence-corrected chi connectivity index (χ3v) is 5.54. The number of halogens is 1. The Balaban J connectivity index is 1.37. The Labute approximate surface area is 192 Å². The molecule has 0 spiro atoms. The van der Waals surface area contributed by atoms with Crippen LogP contribution in [0.15, 0.2) is 64.1 Å². The minimum atomic E-state index is -0.364. The van der Waals surface area contributed by atoms with Gasteiger partial charge in [-0.1, -0.05) is 36.4 Å². The summed E-state index contributed by atoms with van der Waals surface area (Å²) in [6.45, 7) is 0.739. The zero-order valence-electron chi connectivity index (χ0n) is 17.1. The van der Waals surface area contributed by atoms with Crippen molar-refractivity contribution in [2.75, 3.05) is 17.6 Å². The molecule has 4 aromatic rings. The number of nitrogens with one attached hydrogen (secondary N) is 3. The lowest BCUT2D eigenvalue weighted by Crippen LogP contribution is -2.34. The third-order valence-electron chi connectivity index (χ3n) is 4.91. The van der Waals surface area contributed by atoms with Gasteiger partial charge in [-0.2, -0.15) is 0 Å². The van der Waals surface area contributed by atoms with Crippen LogP contribution >= 0.6 is 15.9 Å². The van der Waals surface area contributed by atoms with E-state index < -0.39 is 0 Å². The molecule has 0 aliphatic heterocycles. The molecule has 2 heterocycles. The molecule has 5 N–H and O–H groups in total. The third kappa shape index (κ3) is 5.14. The average Bonchev–Trinajstić information content (AvgIpc) is 3.16. The van der Waals surface area contributed by atoms with Crippen molar-refractivity contribution in [2.45, 2.75) is 19.5 Å². The van der Waals surface area contributed by atoms with Gasteiger partial charge in [0.25, 0.3) is 5.56 Å². The largest absolute Gasteiger partial charge is 0.369 e. The Bertz CT molecular complexity index is 1300. The fourth-order valence-electron chi connectivity index (χ4n) is 3.29. The van der Waals surface area contributed by atoms with E-state index >= 15 is 0 Å². The highest BCUT2D eigenvalue weighted by molar-refractivity contribution is 9.10. The van der Waals surface area contributed by atoms with E-state index in [2.05, 4.69) is 41.5 Å². The van der Waals surface area contributed by atoms with E-state index in [0.717, 1.165) is 28.6 Å². The first-order valence-electron chi connectivity index (χ1n) is 10.0. The zero-order chi connectivity index (χ0) is 22.5. The summed E-state index contributed by atoms with van der Waals surface area (Å²) in [7, 11) is 0. The van der Waals surface area contributed by atoms with Crippen molar-refractivity contribution in [1.82, 2.24) is 24.8 Å². The number of H-pyrrole nitrogens is 1. The summed E-state index contributed by atoms with van der Waals surface area (Å²) >= 11 is 3.31. The monoisotopic (exact) mass is 495 g/mol. The van der Waals surface area contributed by atoms with Gasteiger partial charge in [0.1, 0.15) is 11.1 Å². The summed E-state index contributed by atoms with van der Waals surface area (Å²) in [5.41, 5.74) is 8.91. The van der Waals surface area contributed by atoms with Gasteiger partial charge in [0.05, 0.1) is 17.2 Å². The number of carbonyl (C=O) groups is 1. The maximum atomic E-state index is 12.8. The molecule has 164 valence electrons. The van der Waals surface area contributed by atoms with Gasteiger partial charge in [-0.15, -0.1) is 0 Å². The Morgan fingerprint density at radius 3 is 2.78 bits per heavy atom. The van der Waals surface area contributed by atoms with E-state index in [4.69, 9.17) is 5.73 Å². The number of hydrogen-bond donors (Lipinski definition) is 4. The standard InChI is InChI=1S/C22H22BrN7O2/c23-18-12-27-20(25-9-8-14-4-2-1-3-5-14)21(32)30(18)13-19(31)26-11-15-6-7-16-17(10-15)29-22(24)28-16/h1-7,10,12H,8-9,11,13H2,(H,25,27)(H,26,31)(H3,24,28,29). The maximum Gasteiger partial charge on any atom is 0.294 e. The summed E-state index contributed by atoms with van der Waals surface area (Å²) in [6.07, 6.45) is 2.26. The summed E-state index contributed by atoms with van der Waals surface area (Å²) in [5.74, 6) is 0.258. The molecule has 0 aliphatic carbocycles. The zero-order valence-corrected chi connectivity index (χ0v) is 18.7. The second-order valence-electron chi connectivity index (χ2n) is 7.23. The van der Waals surface area contributed by atoms with E-state index in [1.165, 1.54) is 10.8 Å². The van der Waals surface area contributed by atoms with Crippen LogP contribution in [0.4, 0.5) is 11.8 Å². The molecule has 0 saturated heterocycles. The molecule has 2 aromatic heterocycles. The second-order valence-corrected chi connectivity index (χ2v) is 8.05. The molecule has 2 aromatic carbocycles. The van der Waals surface area contributed by atoms with Crippen LogP contribution < -0.4 is 21.9 Å². The minimum Gasteiger partial charge on any atom is -0.369 e. The minimum absolute atomic E-state index is 0.130. The highest BCUT2D eigenvalue weighted by atomic mass is 79.9. The molecule has 4 rings (SSSR count). The predicted octanol–water partition coefficient (Wildman–Crippen LogP) is 2.44. The van der Waals surface area contributed by atoms with Crippen LogP contribution in [0.1, 0.15) is 11.1 Å². The smallest absolute Gasteiger partial charge is 0.294 e. The van der Waals surface area contributed by atoms with Crippen molar-refractivity contribution >= 4 is 44.6 Å². The van der Waals surface area contributed by atoms with E-state index in [1.54, 1.807) is 0 Å². The Morgan fingerprint density at radius 2 is 1.97 bits per heavy atom. The molecule has 0 atom stereocenters. The van der Waals surface area contributed by atoms with E-state index in [9.17, 15) is 9.59 Å². The number of amides is 1. The first-order chi connectivity index (χ1) is 15.5. The van der Waals surface area contributed by atoms with Crippen molar-refractivity contribution in [3.63, 3.8) is 0 Å². The van der Waals surface area contributed by atoms with Crippen molar-refractivity contribution in [3.8, 4) is 0 Å². The number of aromatic nitrogens is 4. The fraction of sp³-hybridized carbons (Fsp3) is 0.182. The molecular weight excluding hydrogens is 474 g/mol. The molecule has 0 bridgehead atoms. The van der Waals surface area contributed by atoms with Gasteiger partial charge < -0.3 is 21.4 Å². The molecule has 0 aliphatic rings. The SMILES string of the molecule is Nc1nc2ccc(CNC(=O)Cn3c(Br)cnc(NCCc4ccccc4)c3=O)cc2[nH]1. The summed E-state index contributed by atoms with van der Waals surface area (Å²) in [5, 5.41) is 5.89. The molecule has 0 saturated carbocycles. The molecule has 0 fully saturated rings. The van der Waals surface area contributed by atoms with Crippen molar-refractivity contribution in [2.24, 2.45) is 0 Å². The highest BCUT2D eigenvalue weighted by Gasteiger charge is 2.12. The van der Waals surface area contributed by atoms with E-state index in [0.29, 0.717) is 23.6 Å². The highest BCUT2D eigenvalue weighted by Crippen LogP contribution is 2.14. The first-order valence-corrected chi connectivity index (χ1v) is 10.8. The van der Waals surface area contributed by atoms with Gasteiger partial charge in [0.2, 0.25) is 5.91 Å². The number of nitrogens with two attached hydrogens (primary N) is 1. The van der Waals surface area contributed by atoms with E-state index in [-0.39, 0.29) is 23.8 Å². The Hall–Kier alpha value is -3.66. The number of carbonyl (C=O) groups excluding carboxylic acids is 1. The predicted molar refractivity (Wildman–Crippen MR) is 127 cm³/mol. The maximum absolute atomic E-state index is 12.8. The second kappa shape index (κ2) is 9.65. The van der Waals surface area contributed by atoms with Gasteiger partial charge in [-0.05, 0) is 45.6 Å². The molecule has 10 heteroatoms. The molecular formula is C22H22BrN7O2. The number of imidazole rings is 1. The van der Waals surface area contributed by atoms with Crippen molar-refractivity contribution in [3.05, 3.63) is 80.8 Å². The van der Waals surface area contributed by atoms with Crippen LogP contribution in [0.5, 0.6) is 0 Å². The van der Waals surface area contributed by atoms with Crippen molar-refractivity contribution < 1.29 is 4.79 Å². The Morgan fingerprint density at radius 1 is 1.16 bits per heavy atom. The van der Waals surface area contributed by atoms with E-state index in [1.807, 2.05) is 48.5 Å². The van der Waals surface area contributed by atoms with Gasteiger partial charge >= 0.3 is 0 Å². The number of anilines is 2. The Kier molecular flexibility index (Phi) is 6.50. The number of rotatable bonds is 8. The fourth-order valence-corrected chi connectivity index (χ4v) is 3.68. The first kappa shape index (κ1) is 21.6. The lowest BCUT2D eigenvalue weighted by Gasteiger charge is -2.12. The summed E-state index contributed by atoms with van der Waals surface area (Å²) < 4.78 is 1.77. The number of nitrogens with zero attached hydrogens (tertiary/aromatic N) is 3. The lowest BCUT2D eigenvalue weighted by atomic mass is 10.1. The molecule has 0 radical (unpaired) electrons. The number of fused-ring (bicyclic) bond motifs is 1. The van der Waals surface area contributed by atoms with Crippen molar-refractivity contribution in [1.29, 1.82) is 0 Å². The average molecular weight is 496 g/mol. The summed E-state index contributed by atoms with van der Waals surface area (Å²) in [4.78, 5) is 36.6. The van der Waals surface area contributed by atoms with Crippen LogP contribution in [-0.2, 0) is 24.3 Å². The topological polar surface area (TPSA) is 131 Å². The van der Waals surface area contributed by atoms with Gasteiger partial charge in [0.15, 0.2) is 11.8 Å². The lowest BCUT2D eigenvalue weighted by molar-refractivity contribution is -0.121. The number of aromatic amines is 1. The van der Waals surface area contributed by atoms with Crippen LogP contribution in [-0.4, -0.2) is 32.0 Å². The summed E-state index contributed by atoms with van der Waals surface area (Å²) in [6, 6.07) is 15.5. The van der Waals surface area contributed by atoms with Gasteiger partial charge in [0, 0.05) is 13.1 Å². The quantitative estimate of drug-likeness (QED) is 0.297. The van der Waals surface area contributed by atoms with Gasteiger partial charge in [-0.3, -0.25) is 14.2 Å². The van der Waals surface area contributed by atoms with Crippen LogP contribution in [0.25, 0.3) is 11.0 Å². The van der Waals surface area contributed by atoms with Crippen LogP contribution in [0.3, 0.4) is 0 Å². The number of benzene rings is 2. The number of nitrogen functional groups attached to an aromatic ring is 1. The molecule has 32 heavy (non-hydrogen) atoms. The van der Waals surface area contributed by atoms with Gasteiger partial charge in [-0.25, -0.2) is 9.97 Å². The molecule has 1 amide bonds. The van der Waals surface area contributed by atoms with Crippen LogP contribution in [0.2, 0.25) is 0 Å². The normalized spacial score (nSPS) is 10.9. The molecule has 0 unspecified atom stereocenters. The van der Waals surface area contributed by atoms with Crippen LogP contribution in [0, 0.1) is 0 Å².